The highest BCUT2D eigenvalue weighted by molar-refractivity contribution is 7.91. The number of benzene rings is 2. The molecule has 2 unspecified atom stereocenters. The third-order valence-corrected chi connectivity index (χ3v) is 9.01. The van der Waals surface area contributed by atoms with Crippen LogP contribution in [0.4, 0.5) is 5.69 Å². The summed E-state index contributed by atoms with van der Waals surface area (Å²) in [5, 5.41) is 12.4. The average Bonchev–Trinajstić information content (AvgIpc) is 3.30. The molecule has 0 radical (unpaired) electrons. The molecular formula is C18H18N3O7PS2. The van der Waals surface area contributed by atoms with Crippen LogP contribution in [0.5, 0.6) is 5.75 Å². The van der Waals surface area contributed by atoms with Gasteiger partial charge in [-0.3, -0.25) is 10.1 Å². The highest BCUT2D eigenvalue weighted by Gasteiger charge is 2.41. The van der Waals surface area contributed by atoms with Crippen molar-refractivity contribution >= 4 is 34.6 Å². The van der Waals surface area contributed by atoms with E-state index in [1.165, 1.54) is 18.2 Å². The molecule has 0 spiro atoms. The quantitative estimate of drug-likeness (QED) is 0.252. The smallest absolute Gasteiger partial charge is 0.413 e. The van der Waals surface area contributed by atoms with E-state index in [2.05, 4.69) is 4.72 Å². The fourth-order valence-corrected chi connectivity index (χ4v) is 6.82. The summed E-state index contributed by atoms with van der Waals surface area (Å²) in [4.78, 5) is 10.2. The van der Waals surface area contributed by atoms with Crippen LogP contribution in [-0.4, -0.2) is 19.1 Å². The summed E-state index contributed by atoms with van der Waals surface area (Å²) in [6.07, 6.45) is -0.0487. The van der Waals surface area contributed by atoms with Crippen molar-refractivity contribution in [3.63, 3.8) is 0 Å². The van der Waals surface area contributed by atoms with Gasteiger partial charge in [-0.1, -0.05) is 36.4 Å². The molecule has 13 heteroatoms. The number of nitro benzene ring substituents is 1. The van der Waals surface area contributed by atoms with Crippen LogP contribution >= 0.6 is 18.9 Å². The van der Waals surface area contributed by atoms with Crippen LogP contribution in [0.3, 0.4) is 0 Å². The third kappa shape index (κ3) is 5.76. The van der Waals surface area contributed by atoms with Gasteiger partial charge in [-0.15, -0.1) is 11.3 Å². The van der Waals surface area contributed by atoms with E-state index in [9.17, 15) is 23.1 Å². The fraction of sp³-hybridized carbons (Fsp3) is 0.111. The first kappa shape index (κ1) is 23.1. The van der Waals surface area contributed by atoms with Gasteiger partial charge in [-0.05, 0) is 29.1 Å². The lowest BCUT2D eigenvalue weighted by molar-refractivity contribution is -0.384. The van der Waals surface area contributed by atoms with E-state index in [4.69, 9.17) is 15.0 Å². The summed E-state index contributed by atoms with van der Waals surface area (Å²) in [7, 11) is -8.36. The van der Waals surface area contributed by atoms with Gasteiger partial charge in [-0.2, -0.15) is 4.72 Å². The van der Waals surface area contributed by atoms with Crippen LogP contribution in [0.1, 0.15) is 5.56 Å². The Morgan fingerprint density at radius 1 is 1.10 bits per heavy atom. The minimum absolute atomic E-state index is 0.0180. The van der Waals surface area contributed by atoms with E-state index in [-0.39, 0.29) is 22.1 Å². The summed E-state index contributed by atoms with van der Waals surface area (Å²) in [6, 6.07) is 16.4. The second-order valence-electron chi connectivity index (χ2n) is 6.25. The van der Waals surface area contributed by atoms with Gasteiger partial charge < -0.3 is 4.52 Å². The maximum atomic E-state index is 13.5. The molecule has 3 rings (SSSR count). The second kappa shape index (κ2) is 9.69. The van der Waals surface area contributed by atoms with Crippen LogP contribution in [0.2, 0.25) is 0 Å². The van der Waals surface area contributed by atoms with Crippen molar-refractivity contribution in [3.8, 4) is 5.75 Å². The van der Waals surface area contributed by atoms with Crippen molar-refractivity contribution < 1.29 is 27.1 Å². The van der Waals surface area contributed by atoms with Gasteiger partial charge in [0.05, 0.1) is 4.92 Å². The minimum Gasteiger partial charge on any atom is -0.422 e. The van der Waals surface area contributed by atoms with Gasteiger partial charge in [0.15, 0.2) is 0 Å². The SMILES string of the molecule is NOP(=O)(Oc1ccc([N+](=O)[O-])cc1)C(Cc1ccccc1)NS(=O)(=O)c1cccs1. The summed E-state index contributed by atoms with van der Waals surface area (Å²) in [5.41, 5.74) is 0.459. The summed E-state index contributed by atoms with van der Waals surface area (Å²) in [6.45, 7) is 0. The number of nitrogens with zero attached hydrogens (tertiary/aromatic N) is 1. The molecule has 1 aromatic heterocycles. The van der Waals surface area contributed by atoms with Crippen molar-refractivity contribution in [1.29, 1.82) is 0 Å². The number of nitrogens with two attached hydrogens (primary N) is 1. The van der Waals surface area contributed by atoms with E-state index < -0.39 is 28.3 Å². The Kier molecular flexibility index (Phi) is 7.21. The minimum atomic E-state index is -4.31. The number of hydrogen-bond acceptors (Lipinski definition) is 9. The number of rotatable bonds is 10. The summed E-state index contributed by atoms with van der Waals surface area (Å²) in [5.74, 6) is 3.89. The largest absolute Gasteiger partial charge is 0.422 e. The molecule has 0 saturated carbocycles. The molecule has 1 heterocycles. The highest BCUT2D eigenvalue weighted by atomic mass is 32.2. The number of thiophene rings is 1. The molecule has 0 saturated heterocycles. The number of sulfonamides is 1. The van der Waals surface area contributed by atoms with Crippen molar-refractivity contribution in [2.75, 3.05) is 0 Å². The zero-order valence-electron chi connectivity index (χ0n) is 15.9. The molecule has 2 atom stereocenters. The molecule has 3 N–H and O–H groups in total. The van der Waals surface area contributed by atoms with Crippen molar-refractivity contribution in [2.24, 2.45) is 5.90 Å². The van der Waals surface area contributed by atoms with E-state index in [1.807, 2.05) is 0 Å². The van der Waals surface area contributed by atoms with Gasteiger partial charge in [-0.25, -0.2) is 23.5 Å². The van der Waals surface area contributed by atoms with Gasteiger partial charge >= 0.3 is 7.60 Å². The molecule has 0 bridgehead atoms. The molecule has 0 aliphatic carbocycles. The molecule has 0 aliphatic heterocycles. The van der Waals surface area contributed by atoms with E-state index >= 15 is 0 Å². The van der Waals surface area contributed by atoms with Crippen LogP contribution in [-0.2, 0) is 25.6 Å². The lowest BCUT2D eigenvalue weighted by Crippen LogP contribution is -2.38. The maximum absolute atomic E-state index is 13.5. The van der Waals surface area contributed by atoms with Crippen molar-refractivity contribution in [2.45, 2.75) is 16.4 Å². The zero-order valence-corrected chi connectivity index (χ0v) is 18.4. The number of hydrogen-bond donors (Lipinski definition) is 2. The van der Waals surface area contributed by atoms with Crippen LogP contribution in [0.25, 0.3) is 0 Å². The Morgan fingerprint density at radius 2 is 1.77 bits per heavy atom. The van der Waals surface area contributed by atoms with Gasteiger partial charge in [0.2, 0.25) is 0 Å². The molecule has 164 valence electrons. The molecule has 3 aromatic rings. The Hall–Kier alpha value is -2.60. The molecule has 0 fully saturated rings. The molecule has 10 nitrogen and oxygen atoms in total. The monoisotopic (exact) mass is 483 g/mol. The normalized spacial score (nSPS) is 14.5. The van der Waals surface area contributed by atoms with E-state index in [1.54, 1.807) is 41.8 Å². The molecular weight excluding hydrogens is 465 g/mol. The average molecular weight is 483 g/mol. The molecule has 2 aromatic carbocycles. The number of nitrogens with one attached hydrogen (secondary N) is 1. The Bertz CT molecular complexity index is 1170. The van der Waals surface area contributed by atoms with Gasteiger partial charge in [0.1, 0.15) is 15.7 Å². The second-order valence-corrected chi connectivity index (χ2v) is 11.2. The van der Waals surface area contributed by atoms with E-state index in [0.29, 0.717) is 5.56 Å². The summed E-state index contributed by atoms with van der Waals surface area (Å²) < 4.78 is 51.6. The molecule has 0 aliphatic rings. The van der Waals surface area contributed by atoms with Crippen molar-refractivity contribution in [1.82, 2.24) is 4.72 Å². The van der Waals surface area contributed by atoms with Crippen molar-refractivity contribution in [3.05, 3.63) is 87.8 Å². The topological polar surface area (TPSA) is 151 Å². The Balaban J connectivity index is 1.94. The van der Waals surface area contributed by atoms with E-state index in [0.717, 1.165) is 23.5 Å². The third-order valence-electron chi connectivity index (χ3n) is 4.13. The van der Waals surface area contributed by atoms with Crippen LogP contribution < -0.4 is 15.1 Å². The predicted molar refractivity (Wildman–Crippen MR) is 115 cm³/mol. The standard InChI is InChI=1S/C18H18N3O7PS2/c19-28-29(24,27-16-10-8-15(9-11-16)21(22)23)17(13-14-5-2-1-3-6-14)20-31(25,26)18-7-4-12-30-18/h1-12,17,20H,13,19H2. The predicted octanol–water partition coefficient (Wildman–Crippen LogP) is 3.67. The van der Waals surface area contributed by atoms with Crippen LogP contribution in [0.15, 0.2) is 76.3 Å². The molecule has 0 amide bonds. The first-order chi connectivity index (χ1) is 14.7. The fourth-order valence-electron chi connectivity index (χ4n) is 2.64. The summed E-state index contributed by atoms with van der Waals surface area (Å²) >= 11 is 0.988. The van der Waals surface area contributed by atoms with Gasteiger partial charge in [0, 0.05) is 18.6 Å². The number of non-ortho nitro benzene ring substituents is 1. The highest BCUT2D eigenvalue weighted by Crippen LogP contribution is 2.52. The first-order valence-electron chi connectivity index (χ1n) is 8.75. The lowest BCUT2D eigenvalue weighted by atomic mass is 10.1. The Morgan fingerprint density at radius 3 is 2.32 bits per heavy atom. The maximum Gasteiger partial charge on any atom is 0.413 e. The zero-order chi connectivity index (χ0) is 22.5. The molecule has 31 heavy (non-hydrogen) atoms. The van der Waals surface area contributed by atoms with Crippen LogP contribution in [0, 0.1) is 10.1 Å². The number of nitro groups is 1. The Labute approximate surface area is 182 Å². The first-order valence-corrected chi connectivity index (χ1v) is 12.7. The van der Waals surface area contributed by atoms with Gasteiger partial charge in [0.25, 0.3) is 15.7 Å². The lowest BCUT2D eigenvalue weighted by Gasteiger charge is -2.26.